The minimum atomic E-state index is -1.09. The van der Waals surface area contributed by atoms with Gasteiger partial charge in [0, 0.05) is 47.0 Å². The molecule has 656 valence electrons. The Morgan fingerprint density at radius 1 is 0.342 bits per heavy atom. The van der Waals surface area contributed by atoms with Crippen LogP contribution in [0.1, 0.15) is 172 Å². The lowest BCUT2D eigenvalue weighted by Crippen LogP contribution is -2.57. The van der Waals surface area contributed by atoms with Crippen molar-refractivity contribution < 1.29 is 114 Å². The molecule has 1 aromatic carbocycles. The van der Waals surface area contributed by atoms with Crippen LogP contribution in [0, 0.1) is 35.5 Å². The summed E-state index contributed by atoms with van der Waals surface area (Å²) in [7, 11) is 0. The second kappa shape index (κ2) is 61.6. The molecular formula is C82H144N8O24. The van der Waals surface area contributed by atoms with Gasteiger partial charge in [0.2, 0.25) is 47.3 Å². The van der Waals surface area contributed by atoms with Crippen molar-refractivity contribution in [1.82, 2.24) is 42.5 Å². The van der Waals surface area contributed by atoms with Gasteiger partial charge in [-0.25, -0.2) is 0 Å². The predicted molar refractivity (Wildman–Crippen MR) is 425 cm³/mol. The quantitative estimate of drug-likeness (QED) is 0.0381. The summed E-state index contributed by atoms with van der Waals surface area (Å²) in [4.78, 5) is 103. The molecule has 0 aromatic heterocycles. The summed E-state index contributed by atoms with van der Waals surface area (Å²) in [6, 6.07) is 7.08. The maximum absolute atomic E-state index is 14.4. The topological polar surface area (TPSA) is 380 Å². The van der Waals surface area contributed by atoms with E-state index >= 15 is 0 Å². The number of carbonyl (C=O) groups excluding carboxylic acids is 8. The van der Waals surface area contributed by atoms with E-state index in [9.17, 15) is 38.4 Å². The lowest BCUT2D eigenvalue weighted by atomic mass is 9.81. The first-order chi connectivity index (χ1) is 55.1. The van der Waals surface area contributed by atoms with Gasteiger partial charge in [-0.3, -0.25) is 38.4 Å². The van der Waals surface area contributed by atoms with Gasteiger partial charge in [0.15, 0.2) is 18.9 Å². The third kappa shape index (κ3) is 42.6. The van der Waals surface area contributed by atoms with E-state index in [1.807, 2.05) is 30.3 Å². The number of nitrogens with one attached hydrogen (secondary N) is 8. The molecule has 1 aromatic rings. The van der Waals surface area contributed by atoms with Crippen LogP contribution in [0.25, 0.3) is 0 Å². The van der Waals surface area contributed by atoms with Gasteiger partial charge in [0.1, 0.15) is 31.9 Å². The molecule has 8 amide bonds. The summed E-state index contributed by atoms with van der Waals surface area (Å²) < 4.78 is 93.3. The number of carbonyl (C=O) groups is 8. The number of ether oxygens (including phenoxy) is 16. The molecule has 0 spiro atoms. The number of unbranched alkanes of at least 4 members (excludes halogenated alkanes) is 5. The zero-order valence-corrected chi connectivity index (χ0v) is 70.6. The monoisotopic (exact) mass is 1630 g/mol. The van der Waals surface area contributed by atoms with E-state index < -0.39 is 42.8 Å². The van der Waals surface area contributed by atoms with Gasteiger partial charge in [-0.05, 0) is 112 Å². The second-order valence-electron chi connectivity index (χ2n) is 29.7. The molecule has 0 radical (unpaired) electrons. The fourth-order valence-corrected chi connectivity index (χ4v) is 13.8. The molecule has 114 heavy (non-hydrogen) atoms. The fourth-order valence-electron chi connectivity index (χ4n) is 13.8. The Labute approximate surface area is 678 Å². The van der Waals surface area contributed by atoms with Crippen molar-refractivity contribution in [3.8, 4) is 0 Å². The molecule has 0 saturated carbocycles. The van der Waals surface area contributed by atoms with E-state index in [0.29, 0.717) is 91.5 Å². The SMILES string of the molecule is CC[C@H]1O[C@@H](OCCOCCOCCOCC(=O)NCCCC[C@H](NC(=O)COCCOCCOCCO[C@@H]2O[C@H](CC)[C@H](C)[C@H](C)[C@H]2NC(C)=O)C(=O)N[C@@H](CCCCNC(=O)COCCOCCOCCO[C@@H]2O[C@H](CC)[C@H](C)[C@H](C)[C@H]2NC(C)=O)C(=O)NCCCCCCOCc2ccccc2)[C@H](NC(C)=O)[C@H](C)[C@H]1C. The number of amides is 8. The van der Waals surface area contributed by atoms with E-state index in [2.05, 4.69) is 105 Å². The average Bonchev–Trinajstić information content (AvgIpc) is 0.820. The van der Waals surface area contributed by atoms with Crippen molar-refractivity contribution in [2.45, 2.75) is 241 Å². The number of hydrogen-bond acceptors (Lipinski definition) is 24. The summed E-state index contributed by atoms with van der Waals surface area (Å²) >= 11 is 0. The lowest BCUT2D eigenvalue weighted by Gasteiger charge is -2.44. The molecule has 32 heteroatoms. The third-order valence-electron chi connectivity index (χ3n) is 20.9. The van der Waals surface area contributed by atoms with Crippen molar-refractivity contribution in [3.63, 3.8) is 0 Å². The summed E-state index contributed by atoms with van der Waals surface area (Å²) in [6.07, 6.45) is 6.26. The number of hydrogen-bond donors (Lipinski definition) is 8. The van der Waals surface area contributed by atoms with Crippen LogP contribution in [-0.2, 0) is 121 Å². The van der Waals surface area contributed by atoms with Crippen LogP contribution in [0.15, 0.2) is 30.3 Å². The molecule has 4 rings (SSSR count). The smallest absolute Gasteiger partial charge is 0.246 e. The first-order valence-corrected chi connectivity index (χ1v) is 41.9. The number of rotatable bonds is 65. The van der Waals surface area contributed by atoms with Crippen molar-refractivity contribution in [1.29, 1.82) is 0 Å². The highest BCUT2D eigenvalue weighted by atomic mass is 16.7. The second-order valence-corrected chi connectivity index (χ2v) is 29.7. The average molecular weight is 1630 g/mol. The Bertz CT molecular complexity index is 2770. The Morgan fingerprint density at radius 3 is 1.04 bits per heavy atom. The minimum absolute atomic E-state index is 0.00760. The van der Waals surface area contributed by atoms with Gasteiger partial charge in [-0.1, -0.05) is 105 Å². The fraction of sp³-hybridized carbons (Fsp3) is 0.829. The van der Waals surface area contributed by atoms with Crippen LogP contribution >= 0.6 is 0 Å². The summed E-state index contributed by atoms with van der Waals surface area (Å²) in [5, 5.41) is 23.4. The van der Waals surface area contributed by atoms with Crippen LogP contribution in [0.2, 0.25) is 0 Å². The van der Waals surface area contributed by atoms with Crippen LogP contribution in [-0.4, -0.2) is 280 Å². The molecule has 17 atom stereocenters. The van der Waals surface area contributed by atoms with Crippen molar-refractivity contribution in [2.24, 2.45) is 35.5 Å². The van der Waals surface area contributed by atoms with Gasteiger partial charge < -0.3 is 118 Å². The Balaban J connectivity index is 1.22. The molecule has 3 heterocycles. The summed E-state index contributed by atoms with van der Waals surface area (Å²) in [5.41, 5.74) is 1.11. The van der Waals surface area contributed by atoms with E-state index in [1.54, 1.807) is 0 Å². The first-order valence-electron chi connectivity index (χ1n) is 41.9. The van der Waals surface area contributed by atoms with Crippen LogP contribution in [0.3, 0.4) is 0 Å². The van der Waals surface area contributed by atoms with Gasteiger partial charge in [-0.2, -0.15) is 0 Å². The number of benzene rings is 1. The molecule has 0 unspecified atom stereocenters. The van der Waals surface area contributed by atoms with Gasteiger partial charge in [0.25, 0.3) is 0 Å². The van der Waals surface area contributed by atoms with Crippen LogP contribution in [0.4, 0.5) is 0 Å². The third-order valence-corrected chi connectivity index (χ3v) is 20.9. The molecule has 0 bridgehead atoms. The van der Waals surface area contributed by atoms with Gasteiger partial charge in [-0.15, -0.1) is 0 Å². The zero-order valence-electron chi connectivity index (χ0n) is 70.6. The predicted octanol–water partition coefficient (Wildman–Crippen LogP) is 5.36. The van der Waals surface area contributed by atoms with Crippen LogP contribution in [0.5, 0.6) is 0 Å². The van der Waals surface area contributed by atoms with Crippen molar-refractivity contribution >= 4 is 47.3 Å². The molecule has 3 aliphatic heterocycles. The van der Waals surface area contributed by atoms with E-state index in [-0.39, 0.29) is 232 Å². The summed E-state index contributed by atoms with van der Waals surface area (Å²) in [5.74, 6) is -1.39. The molecule has 0 aliphatic carbocycles. The summed E-state index contributed by atoms with van der Waals surface area (Å²) in [6.45, 7) is 29.1. The highest BCUT2D eigenvalue weighted by Crippen LogP contribution is 2.35. The Kier molecular flexibility index (Phi) is 54.4. The van der Waals surface area contributed by atoms with E-state index in [1.165, 1.54) is 20.8 Å². The Hall–Kier alpha value is -5.66. The van der Waals surface area contributed by atoms with E-state index in [0.717, 1.165) is 44.1 Å². The van der Waals surface area contributed by atoms with Gasteiger partial charge >= 0.3 is 0 Å². The first kappa shape index (κ1) is 101. The normalized spacial score (nSPS) is 24.1. The molecule has 32 nitrogen and oxygen atoms in total. The molecule has 3 fully saturated rings. The standard InChI is InChI=1S/C82H144N8O24/c1-13-69-57(4)60(7)75(86-63(10)91)80(112-69)109-50-47-102-38-35-99-41-44-106-54-72(94)83-31-24-21-29-67(78(97)85-33-23-16-17-26-34-105-53-66-27-19-18-20-28-66)90-79(98)68(89-74(96)56-108-46-43-101-37-40-104-49-52-111-82-77(88-65(12)93)62(9)59(6)71(15-3)114-82)30-22-25-32-84-73(95)55-107-45-42-100-36-39-103-48-51-110-81-76(87-64(11)92)61(8)58(5)70(14-2)113-81/h18-20,27-28,57-62,67-71,75-77,80-82H,13-17,21-26,29-56H2,1-12H3,(H,83,94)(H,84,95)(H,85,97)(H,86,91)(H,87,92)(H,88,93)(H,89,96)(H,90,98)/t57-,58-,59-,60+,61-,62+,67+,68+,69-,70-,71-,75-,76-,77-,80-,81-,82-/m1/s1. The minimum Gasteiger partial charge on any atom is -0.377 e. The zero-order chi connectivity index (χ0) is 83.1. The lowest BCUT2D eigenvalue weighted by molar-refractivity contribution is -0.239. The molecular weight excluding hydrogens is 1480 g/mol. The van der Waals surface area contributed by atoms with Crippen molar-refractivity contribution in [3.05, 3.63) is 35.9 Å². The molecule has 3 aliphatic rings. The van der Waals surface area contributed by atoms with Crippen molar-refractivity contribution in [2.75, 3.05) is 165 Å². The molecule has 8 N–H and O–H groups in total. The van der Waals surface area contributed by atoms with Crippen LogP contribution < -0.4 is 42.5 Å². The van der Waals surface area contributed by atoms with Gasteiger partial charge in [0.05, 0.1) is 162 Å². The molecule has 3 saturated heterocycles. The van der Waals surface area contributed by atoms with E-state index in [4.69, 9.17) is 75.8 Å². The maximum atomic E-state index is 14.4. The highest BCUT2D eigenvalue weighted by Gasteiger charge is 2.45. The highest BCUT2D eigenvalue weighted by molar-refractivity contribution is 5.92. The largest absolute Gasteiger partial charge is 0.377 e. The maximum Gasteiger partial charge on any atom is 0.246 e. The Morgan fingerprint density at radius 2 is 0.667 bits per heavy atom.